The van der Waals surface area contributed by atoms with Gasteiger partial charge in [-0.2, -0.15) is 17.7 Å². The Hall–Kier alpha value is 0.0719. The molecule has 0 saturated heterocycles. The van der Waals surface area contributed by atoms with E-state index in [2.05, 4.69) is 13.0 Å². The molecule has 0 unspecified atom stereocenters. The normalized spacial score (nSPS) is 8.55. The first-order chi connectivity index (χ1) is 4.86. The maximum absolute atomic E-state index is 5.00. The molecule has 0 aliphatic carbocycles. The maximum atomic E-state index is 5.00. The quantitative estimate of drug-likeness (QED) is 0.722. The minimum Gasteiger partial charge on any atom is -0.523 e. The maximum Gasteiger partial charge on any atom is 0.0743 e. The van der Waals surface area contributed by atoms with Gasteiger partial charge in [0.25, 0.3) is 0 Å². The molecule has 0 bridgehead atoms. The Balaban J connectivity index is 0.000001000. The van der Waals surface area contributed by atoms with E-state index in [0.717, 1.165) is 12.2 Å². The van der Waals surface area contributed by atoms with Crippen LogP contribution in [0.5, 0.6) is 5.75 Å². The van der Waals surface area contributed by atoms with Crippen LogP contribution in [-0.2, 0) is 6.42 Å². The average Bonchev–Trinajstić information content (AvgIpc) is 2.05. The summed E-state index contributed by atoms with van der Waals surface area (Å²) in [6.45, 7) is 2.10. The van der Waals surface area contributed by atoms with E-state index in [1.54, 1.807) is 7.11 Å². The van der Waals surface area contributed by atoms with Crippen LogP contribution in [0, 0.1) is 37.2 Å². The first-order valence-electron chi connectivity index (χ1n) is 3.42. The van der Waals surface area contributed by atoms with Gasteiger partial charge in [-0.15, -0.1) is 12.1 Å². The molecule has 58 valence electrons. The molecule has 0 atom stereocenters. The van der Waals surface area contributed by atoms with E-state index in [-0.39, 0.29) is 31.1 Å². The van der Waals surface area contributed by atoms with Gasteiger partial charge in [-0.1, -0.05) is 13.3 Å². The zero-order valence-corrected chi connectivity index (χ0v) is 11.0. The van der Waals surface area contributed by atoms with Crippen LogP contribution in [0.15, 0.2) is 18.2 Å². The number of benzene rings is 1. The van der Waals surface area contributed by atoms with Crippen LogP contribution in [0.25, 0.3) is 0 Å². The number of hydrogen-bond acceptors (Lipinski definition) is 1. The first-order valence-corrected chi connectivity index (χ1v) is 3.42. The molecule has 0 aliphatic rings. The fourth-order valence-corrected chi connectivity index (χ4v) is 0.819. The van der Waals surface area contributed by atoms with Crippen molar-refractivity contribution in [3.05, 3.63) is 29.8 Å². The van der Waals surface area contributed by atoms with Crippen molar-refractivity contribution in [3.63, 3.8) is 0 Å². The zero-order valence-electron chi connectivity index (χ0n) is 6.85. The van der Waals surface area contributed by atoms with Crippen LogP contribution < -0.4 is 4.74 Å². The second kappa shape index (κ2) is 5.69. The standard InChI is InChI=1S/C9H11O.U/c1-3-8-5-4-6-9(7-8)10-2;/h4-6H,3H2,1-2H3;/q-1;. The van der Waals surface area contributed by atoms with Gasteiger partial charge >= 0.3 is 0 Å². The molecule has 11 heavy (non-hydrogen) atoms. The summed E-state index contributed by atoms with van der Waals surface area (Å²) in [6, 6.07) is 9.05. The Morgan fingerprint density at radius 2 is 2.18 bits per heavy atom. The Kier molecular flexibility index (Phi) is 5.73. The third-order valence-electron chi connectivity index (χ3n) is 1.43. The molecule has 1 nitrogen and oxygen atoms in total. The summed E-state index contributed by atoms with van der Waals surface area (Å²) in [5, 5.41) is 0. The van der Waals surface area contributed by atoms with E-state index >= 15 is 0 Å². The molecule has 0 heterocycles. The number of aryl methyl sites for hydroxylation is 1. The average molecular weight is 373 g/mol. The van der Waals surface area contributed by atoms with Crippen molar-refractivity contribution >= 4 is 0 Å². The van der Waals surface area contributed by atoms with Crippen molar-refractivity contribution in [1.82, 2.24) is 0 Å². The van der Waals surface area contributed by atoms with E-state index in [1.165, 1.54) is 5.56 Å². The topological polar surface area (TPSA) is 9.23 Å². The predicted octanol–water partition coefficient (Wildman–Crippen LogP) is 2.06. The van der Waals surface area contributed by atoms with Crippen LogP contribution in [0.4, 0.5) is 0 Å². The van der Waals surface area contributed by atoms with E-state index < -0.39 is 0 Å². The van der Waals surface area contributed by atoms with Gasteiger partial charge in [0.05, 0.1) is 7.11 Å². The van der Waals surface area contributed by atoms with Gasteiger partial charge in [-0.3, -0.25) is 0 Å². The molecular weight excluding hydrogens is 362 g/mol. The summed E-state index contributed by atoms with van der Waals surface area (Å²) in [5.74, 6) is 0.819. The van der Waals surface area contributed by atoms with Crippen LogP contribution >= 0.6 is 0 Å². The summed E-state index contributed by atoms with van der Waals surface area (Å²) in [7, 11) is 1.66. The summed E-state index contributed by atoms with van der Waals surface area (Å²) < 4.78 is 5.00. The van der Waals surface area contributed by atoms with Crippen molar-refractivity contribution in [2.45, 2.75) is 13.3 Å². The minimum absolute atomic E-state index is 0. The third kappa shape index (κ3) is 3.31. The van der Waals surface area contributed by atoms with Crippen molar-refractivity contribution in [2.75, 3.05) is 7.11 Å². The second-order valence-electron chi connectivity index (χ2n) is 2.10. The van der Waals surface area contributed by atoms with E-state index in [4.69, 9.17) is 4.74 Å². The van der Waals surface area contributed by atoms with Crippen molar-refractivity contribution in [2.24, 2.45) is 0 Å². The summed E-state index contributed by atoms with van der Waals surface area (Å²) in [6.07, 6.45) is 1.01. The molecule has 0 aromatic heterocycles. The Labute approximate surface area is 91.5 Å². The molecule has 1 aromatic rings. The van der Waals surface area contributed by atoms with Gasteiger partial charge in [0.15, 0.2) is 0 Å². The van der Waals surface area contributed by atoms with Crippen LogP contribution in [0.1, 0.15) is 12.5 Å². The first kappa shape index (κ1) is 11.1. The number of rotatable bonds is 2. The molecule has 0 N–H and O–H groups in total. The van der Waals surface area contributed by atoms with E-state index in [9.17, 15) is 0 Å². The van der Waals surface area contributed by atoms with Gasteiger partial charge in [0.2, 0.25) is 0 Å². The molecule has 0 fully saturated rings. The fourth-order valence-electron chi connectivity index (χ4n) is 0.819. The predicted molar refractivity (Wildman–Crippen MR) is 41.2 cm³/mol. The zero-order chi connectivity index (χ0) is 7.40. The van der Waals surface area contributed by atoms with Gasteiger partial charge in [-0.25, -0.2) is 0 Å². The summed E-state index contributed by atoms with van der Waals surface area (Å²) in [4.78, 5) is 0. The Morgan fingerprint density at radius 3 is 2.73 bits per heavy atom. The van der Waals surface area contributed by atoms with E-state index in [0.29, 0.717) is 0 Å². The van der Waals surface area contributed by atoms with Crippen LogP contribution in [-0.4, -0.2) is 7.11 Å². The van der Waals surface area contributed by atoms with Gasteiger partial charge in [0.1, 0.15) is 0 Å². The number of methoxy groups -OCH3 is 1. The second-order valence-corrected chi connectivity index (χ2v) is 2.10. The van der Waals surface area contributed by atoms with E-state index in [1.807, 2.05) is 18.2 Å². The number of ether oxygens (including phenoxy) is 1. The van der Waals surface area contributed by atoms with Gasteiger partial charge in [-0.05, 0) is 0 Å². The number of hydrogen-bond donors (Lipinski definition) is 0. The molecule has 0 aliphatic heterocycles. The SMILES string of the molecule is CCc1[c-]c(OC)ccc1.[U]. The molecular formula is C9H11OU-. The van der Waals surface area contributed by atoms with Crippen LogP contribution in [0.3, 0.4) is 0 Å². The van der Waals surface area contributed by atoms with Crippen molar-refractivity contribution in [1.29, 1.82) is 0 Å². The van der Waals surface area contributed by atoms with Crippen LogP contribution in [0.2, 0.25) is 0 Å². The smallest absolute Gasteiger partial charge is 0.0743 e. The largest absolute Gasteiger partial charge is 0.523 e. The van der Waals surface area contributed by atoms with Crippen molar-refractivity contribution < 1.29 is 35.9 Å². The van der Waals surface area contributed by atoms with Gasteiger partial charge < -0.3 is 4.74 Å². The molecule has 0 spiro atoms. The molecule has 0 radical (unpaired) electrons. The Bertz CT molecular complexity index is 191. The fraction of sp³-hybridized carbons (Fsp3) is 0.333. The molecule has 0 saturated carbocycles. The molecule has 0 amide bonds. The molecule has 2 heteroatoms. The summed E-state index contributed by atoms with van der Waals surface area (Å²) >= 11 is 0. The molecule has 1 rings (SSSR count). The molecule has 1 aromatic carbocycles. The van der Waals surface area contributed by atoms with Crippen molar-refractivity contribution in [3.8, 4) is 5.75 Å². The van der Waals surface area contributed by atoms with Gasteiger partial charge in [0, 0.05) is 36.9 Å². The minimum atomic E-state index is 0. The Morgan fingerprint density at radius 1 is 1.45 bits per heavy atom. The third-order valence-corrected chi connectivity index (χ3v) is 1.43. The monoisotopic (exact) mass is 373 g/mol. The summed E-state index contributed by atoms with van der Waals surface area (Å²) in [5.41, 5.74) is 1.19.